The van der Waals surface area contributed by atoms with Crippen molar-refractivity contribution in [1.82, 2.24) is 5.32 Å². The SMILES string of the molecule is CCOC(=O)c1ccc(-c2ccc(CNCc3ccc4c(c3)OCO4)o2)cc1.Cl. The average molecular weight is 416 g/mol. The Morgan fingerprint density at radius 1 is 1.00 bits per heavy atom. The molecule has 6 nitrogen and oxygen atoms in total. The minimum absolute atomic E-state index is 0. The van der Waals surface area contributed by atoms with E-state index in [1.54, 1.807) is 19.1 Å². The van der Waals surface area contributed by atoms with Crippen LogP contribution in [0, 0.1) is 0 Å². The summed E-state index contributed by atoms with van der Waals surface area (Å²) in [7, 11) is 0. The summed E-state index contributed by atoms with van der Waals surface area (Å²) in [5, 5.41) is 3.36. The van der Waals surface area contributed by atoms with Gasteiger partial charge in [0.05, 0.1) is 18.7 Å². The molecule has 1 aliphatic rings. The highest BCUT2D eigenvalue weighted by molar-refractivity contribution is 5.89. The summed E-state index contributed by atoms with van der Waals surface area (Å²) in [5.41, 5.74) is 2.56. The van der Waals surface area contributed by atoms with Crippen LogP contribution in [-0.2, 0) is 17.8 Å². The van der Waals surface area contributed by atoms with Crippen LogP contribution >= 0.6 is 12.4 Å². The van der Waals surface area contributed by atoms with Gasteiger partial charge in [0.25, 0.3) is 0 Å². The van der Waals surface area contributed by atoms with Crippen LogP contribution in [0.2, 0.25) is 0 Å². The Hall–Kier alpha value is -2.96. The van der Waals surface area contributed by atoms with E-state index < -0.39 is 0 Å². The molecule has 0 atom stereocenters. The standard InChI is InChI=1S/C22H21NO5.ClH/c1-2-25-22(24)17-6-4-16(5-7-17)19-10-8-18(28-19)13-23-12-15-3-9-20-21(11-15)27-14-26-20;/h3-11,23H,2,12-14H2,1H3;1H. The first-order valence-electron chi connectivity index (χ1n) is 9.18. The molecule has 1 aromatic heterocycles. The molecule has 0 saturated heterocycles. The molecule has 1 aliphatic heterocycles. The lowest BCUT2D eigenvalue weighted by Gasteiger charge is -2.05. The highest BCUT2D eigenvalue weighted by Gasteiger charge is 2.13. The summed E-state index contributed by atoms with van der Waals surface area (Å²) < 4.78 is 21.6. The number of carbonyl (C=O) groups excluding carboxylic acids is 1. The van der Waals surface area contributed by atoms with Crippen molar-refractivity contribution in [2.45, 2.75) is 20.0 Å². The Kier molecular flexibility index (Phi) is 6.80. The van der Waals surface area contributed by atoms with E-state index in [1.165, 1.54) is 0 Å². The summed E-state index contributed by atoms with van der Waals surface area (Å²) in [6.07, 6.45) is 0. The second-order valence-corrected chi connectivity index (χ2v) is 6.35. The van der Waals surface area contributed by atoms with Gasteiger partial charge in [0.1, 0.15) is 11.5 Å². The van der Waals surface area contributed by atoms with Gasteiger partial charge in [-0.25, -0.2) is 4.79 Å². The second-order valence-electron chi connectivity index (χ2n) is 6.35. The third-order valence-corrected chi connectivity index (χ3v) is 4.41. The van der Waals surface area contributed by atoms with E-state index in [1.807, 2.05) is 42.5 Å². The van der Waals surface area contributed by atoms with Gasteiger partial charge in [0.2, 0.25) is 6.79 Å². The summed E-state index contributed by atoms with van der Waals surface area (Å²) >= 11 is 0. The lowest BCUT2D eigenvalue weighted by molar-refractivity contribution is 0.0526. The summed E-state index contributed by atoms with van der Waals surface area (Å²) in [4.78, 5) is 11.7. The molecule has 7 heteroatoms. The number of hydrogen-bond donors (Lipinski definition) is 1. The smallest absolute Gasteiger partial charge is 0.338 e. The zero-order chi connectivity index (χ0) is 19.3. The molecule has 0 radical (unpaired) electrons. The van der Waals surface area contributed by atoms with Crippen LogP contribution in [0.25, 0.3) is 11.3 Å². The first kappa shape index (κ1) is 20.8. The van der Waals surface area contributed by atoms with Gasteiger partial charge in [0.15, 0.2) is 11.5 Å². The van der Waals surface area contributed by atoms with Crippen LogP contribution in [0.3, 0.4) is 0 Å². The average Bonchev–Trinajstić information content (AvgIpc) is 3.37. The highest BCUT2D eigenvalue weighted by Crippen LogP contribution is 2.32. The normalized spacial score (nSPS) is 11.8. The van der Waals surface area contributed by atoms with Gasteiger partial charge in [0, 0.05) is 12.1 Å². The quantitative estimate of drug-likeness (QED) is 0.570. The van der Waals surface area contributed by atoms with Crippen molar-refractivity contribution in [2.24, 2.45) is 0 Å². The molecule has 0 unspecified atom stereocenters. The molecule has 0 bridgehead atoms. The number of ether oxygens (including phenoxy) is 3. The first-order valence-corrected chi connectivity index (χ1v) is 9.18. The fourth-order valence-electron chi connectivity index (χ4n) is 2.99. The van der Waals surface area contributed by atoms with Crippen LogP contribution < -0.4 is 14.8 Å². The molecule has 0 saturated carbocycles. The number of fused-ring (bicyclic) bond motifs is 1. The van der Waals surface area contributed by atoms with Crippen LogP contribution in [0.4, 0.5) is 0 Å². The van der Waals surface area contributed by atoms with Gasteiger partial charge in [-0.1, -0.05) is 18.2 Å². The maximum absolute atomic E-state index is 11.7. The minimum Gasteiger partial charge on any atom is -0.462 e. The van der Waals surface area contributed by atoms with E-state index in [-0.39, 0.29) is 25.2 Å². The fraction of sp³-hybridized carbons (Fsp3) is 0.227. The molecule has 29 heavy (non-hydrogen) atoms. The molecular weight excluding hydrogens is 394 g/mol. The van der Waals surface area contributed by atoms with Crippen molar-refractivity contribution in [3.05, 3.63) is 71.5 Å². The second kappa shape index (κ2) is 9.49. The maximum atomic E-state index is 11.7. The van der Waals surface area contributed by atoms with Gasteiger partial charge in [-0.3, -0.25) is 0 Å². The van der Waals surface area contributed by atoms with Crippen LogP contribution in [0.5, 0.6) is 11.5 Å². The minimum atomic E-state index is -0.318. The molecule has 152 valence electrons. The van der Waals surface area contributed by atoms with E-state index in [0.29, 0.717) is 25.3 Å². The maximum Gasteiger partial charge on any atom is 0.338 e. The van der Waals surface area contributed by atoms with Crippen LogP contribution in [-0.4, -0.2) is 19.4 Å². The molecule has 0 aliphatic carbocycles. The van der Waals surface area contributed by atoms with Crippen molar-refractivity contribution in [1.29, 1.82) is 0 Å². The molecule has 0 spiro atoms. The predicted molar refractivity (Wildman–Crippen MR) is 110 cm³/mol. The molecular formula is C22H22ClNO5. The number of nitrogens with one attached hydrogen (secondary N) is 1. The molecule has 3 aromatic rings. The van der Waals surface area contributed by atoms with E-state index in [9.17, 15) is 4.79 Å². The Morgan fingerprint density at radius 3 is 2.59 bits per heavy atom. The summed E-state index contributed by atoms with van der Waals surface area (Å²) in [5.74, 6) is 2.85. The first-order chi connectivity index (χ1) is 13.7. The lowest BCUT2D eigenvalue weighted by Crippen LogP contribution is -2.11. The Morgan fingerprint density at radius 2 is 1.79 bits per heavy atom. The molecule has 0 amide bonds. The van der Waals surface area contributed by atoms with Crippen LogP contribution in [0.1, 0.15) is 28.6 Å². The third-order valence-electron chi connectivity index (χ3n) is 4.41. The van der Waals surface area contributed by atoms with Crippen LogP contribution in [0.15, 0.2) is 59.0 Å². The van der Waals surface area contributed by atoms with Gasteiger partial charge >= 0.3 is 5.97 Å². The third kappa shape index (κ3) is 4.91. The number of halogens is 1. The Balaban J connectivity index is 0.00000240. The number of hydrogen-bond acceptors (Lipinski definition) is 6. The van der Waals surface area contributed by atoms with Gasteiger partial charge in [-0.2, -0.15) is 0 Å². The van der Waals surface area contributed by atoms with Crippen molar-refractivity contribution >= 4 is 18.4 Å². The fourth-order valence-corrected chi connectivity index (χ4v) is 2.99. The molecule has 1 N–H and O–H groups in total. The van der Waals surface area contributed by atoms with Gasteiger partial charge < -0.3 is 23.9 Å². The molecule has 2 heterocycles. The number of carbonyl (C=O) groups is 1. The summed E-state index contributed by atoms with van der Waals surface area (Å²) in [6.45, 7) is 3.73. The van der Waals surface area contributed by atoms with Gasteiger partial charge in [-0.05, 0) is 48.9 Å². The summed E-state index contributed by atoms with van der Waals surface area (Å²) in [6, 6.07) is 17.0. The van der Waals surface area contributed by atoms with Crippen molar-refractivity contribution in [3.63, 3.8) is 0 Å². The number of rotatable bonds is 7. The van der Waals surface area contributed by atoms with E-state index in [0.717, 1.165) is 34.1 Å². The molecule has 2 aromatic carbocycles. The number of esters is 1. The van der Waals surface area contributed by atoms with Gasteiger partial charge in [-0.15, -0.1) is 12.4 Å². The van der Waals surface area contributed by atoms with E-state index in [4.69, 9.17) is 18.6 Å². The topological polar surface area (TPSA) is 69.9 Å². The number of benzene rings is 2. The van der Waals surface area contributed by atoms with Crippen molar-refractivity contribution < 1.29 is 23.4 Å². The monoisotopic (exact) mass is 415 g/mol. The van der Waals surface area contributed by atoms with Crippen molar-refractivity contribution in [2.75, 3.05) is 13.4 Å². The zero-order valence-corrected chi connectivity index (χ0v) is 16.8. The largest absolute Gasteiger partial charge is 0.462 e. The molecule has 0 fully saturated rings. The Labute approximate surface area is 175 Å². The van der Waals surface area contributed by atoms with Crippen molar-refractivity contribution in [3.8, 4) is 22.8 Å². The zero-order valence-electron chi connectivity index (χ0n) is 16.0. The number of furan rings is 1. The van der Waals surface area contributed by atoms with E-state index >= 15 is 0 Å². The predicted octanol–water partition coefficient (Wildman–Crippen LogP) is 4.56. The highest BCUT2D eigenvalue weighted by atomic mass is 35.5. The molecule has 4 rings (SSSR count). The van der Waals surface area contributed by atoms with E-state index in [2.05, 4.69) is 5.32 Å². The lowest BCUT2D eigenvalue weighted by atomic mass is 10.1. The Bertz CT molecular complexity index is 968.